The van der Waals surface area contributed by atoms with Crippen molar-refractivity contribution in [2.24, 2.45) is 0 Å². The molecule has 32 heavy (non-hydrogen) atoms. The number of carbonyl (C=O) groups is 1. The molecule has 1 heterocycles. The number of ether oxygens (including phenoxy) is 1. The molecule has 2 aromatic rings. The summed E-state index contributed by atoms with van der Waals surface area (Å²) in [4.78, 5) is 12.5. The third-order valence-electron chi connectivity index (χ3n) is 4.99. The highest BCUT2D eigenvalue weighted by molar-refractivity contribution is 7.92. The molecule has 0 aromatic heterocycles. The molecule has 0 atom stereocenters. The second kappa shape index (κ2) is 10.4. The average Bonchev–Trinajstić information content (AvgIpc) is 2.80. The summed E-state index contributed by atoms with van der Waals surface area (Å²) in [5, 5.41) is 2.76. The van der Waals surface area contributed by atoms with Crippen molar-refractivity contribution in [2.45, 2.75) is 24.7 Å². The fraction of sp³-hybridized carbons (Fsp3) is 0.381. The monoisotopic (exact) mass is 481 g/mol. The second-order valence-electron chi connectivity index (χ2n) is 7.29. The maximum Gasteiger partial charge on any atom is 0.243 e. The van der Waals surface area contributed by atoms with Crippen molar-refractivity contribution >= 4 is 37.3 Å². The molecule has 1 amide bonds. The van der Waals surface area contributed by atoms with Gasteiger partial charge in [-0.2, -0.15) is 4.31 Å². The van der Waals surface area contributed by atoms with Crippen molar-refractivity contribution in [3.63, 3.8) is 0 Å². The number of carbonyl (C=O) groups excluding carboxylic acids is 1. The van der Waals surface area contributed by atoms with Crippen molar-refractivity contribution in [1.82, 2.24) is 4.31 Å². The SMILES string of the molecule is CCS(=O)(=O)Nc1ccc(NC(=O)CCc2ccc(S(=O)(=O)N3CCOCC3)cc2)cc1. The maximum atomic E-state index is 12.7. The van der Waals surface area contributed by atoms with E-state index < -0.39 is 20.0 Å². The van der Waals surface area contributed by atoms with Gasteiger partial charge >= 0.3 is 0 Å². The Morgan fingerprint density at radius 2 is 1.53 bits per heavy atom. The van der Waals surface area contributed by atoms with Gasteiger partial charge in [-0.25, -0.2) is 16.8 Å². The Bertz CT molecular complexity index is 1130. The van der Waals surface area contributed by atoms with Gasteiger partial charge in [0.1, 0.15) is 0 Å². The molecule has 0 unspecified atom stereocenters. The number of hydrogen-bond acceptors (Lipinski definition) is 6. The Balaban J connectivity index is 1.51. The highest BCUT2D eigenvalue weighted by Gasteiger charge is 2.26. The van der Waals surface area contributed by atoms with E-state index in [0.29, 0.717) is 44.1 Å². The van der Waals surface area contributed by atoms with Crippen LogP contribution in [0.5, 0.6) is 0 Å². The molecule has 1 fully saturated rings. The van der Waals surface area contributed by atoms with E-state index in [4.69, 9.17) is 4.74 Å². The Morgan fingerprint density at radius 1 is 0.938 bits per heavy atom. The third-order valence-corrected chi connectivity index (χ3v) is 8.21. The largest absolute Gasteiger partial charge is 0.379 e. The van der Waals surface area contributed by atoms with Crippen LogP contribution in [0.15, 0.2) is 53.4 Å². The van der Waals surface area contributed by atoms with Crippen LogP contribution in [-0.2, 0) is 36.0 Å². The molecule has 174 valence electrons. The van der Waals surface area contributed by atoms with Gasteiger partial charge in [0.2, 0.25) is 26.0 Å². The number of morpholine rings is 1. The predicted octanol–water partition coefficient (Wildman–Crippen LogP) is 2.04. The highest BCUT2D eigenvalue weighted by Crippen LogP contribution is 2.19. The first-order chi connectivity index (χ1) is 15.2. The molecular formula is C21H27N3O6S2. The van der Waals surface area contributed by atoms with E-state index in [1.807, 2.05) is 0 Å². The lowest BCUT2D eigenvalue weighted by Crippen LogP contribution is -2.40. The first-order valence-corrected chi connectivity index (χ1v) is 13.4. The molecule has 0 bridgehead atoms. The summed E-state index contributed by atoms with van der Waals surface area (Å²) < 4.78 is 57.5. The van der Waals surface area contributed by atoms with Crippen LogP contribution in [0.25, 0.3) is 0 Å². The van der Waals surface area contributed by atoms with Crippen LogP contribution in [-0.4, -0.2) is 59.1 Å². The van der Waals surface area contributed by atoms with Gasteiger partial charge in [0.15, 0.2) is 0 Å². The topological polar surface area (TPSA) is 122 Å². The van der Waals surface area contributed by atoms with Crippen molar-refractivity contribution < 1.29 is 26.4 Å². The summed E-state index contributed by atoms with van der Waals surface area (Å²) in [5.74, 6) is -0.220. The second-order valence-corrected chi connectivity index (χ2v) is 11.2. The molecule has 0 aliphatic carbocycles. The minimum absolute atomic E-state index is 0.0222. The molecular weight excluding hydrogens is 454 g/mol. The lowest BCUT2D eigenvalue weighted by Gasteiger charge is -2.26. The number of nitrogens with one attached hydrogen (secondary N) is 2. The number of rotatable bonds is 9. The van der Waals surface area contributed by atoms with Gasteiger partial charge in [0.25, 0.3) is 0 Å². The Hall–Kier alpha value is -2.47. The Kier molecular flexibility index (Phi) is 7.88. The number of sulfonamides is 2. The van der Waals surface area contributed by atoms with Crippen LogP contribution in [0.4, 0.5) is 11.4 Å². The van der Waals surface area contributed by atoms with Gasteiger partial charge in [-0.05, 0) is 55.3 Å². The summed E-state index contributed by atoms with van der Waals surface area (Å²) >= 11 is 0. The number of aryl methyl sites for hydroxylation is 1. The summed E-state index contributed by atoms with van der Waals surface area (Å²) in [6.07, 6.45) is 0.678. The van der Waals surface area contributed by atoms with E-state index in [1.54, 1.807) is 55.5 Å². The summed E-state index contributed by atoms with van der Waals surface area (Å²) in [6.45, 7) is 3.02. The molecule has 3 rings (SSSR count). The number of amides is 1. The highest BCUT2D eigenvalue weighted by atomic mass is 32.2. The zero-order valence-corrected chi connectivity index (χ0v) is 19.4. The van der Waals surface area contributed by atoms with E-state index in [0.717, 1.165) is 5.56 Å². The molecule has 2 N–H and O–H groups in total. The number of nitrogens with zero attached hydrogens (tertiary/aromatic N) is 1. The average molecular weight is 482 g/mol. The normalized spacial score (nSPS) is 15.3. The van der Waals surface area contributed by atoms with E-state index >= 15 is 0 Å². The summed E-state index contributed by atoms with van der Waals surface area (Å²) in [5.41, 5.74) is 1.84. The standard InChI is InChI=1S/C21H27N3O6S2/c1-2-31(26,27)23-19-8-6-18(7-9-19)22-21(25)12-5-17-3-10-20(11-4-17)32(28,29)24-13-15-30-16-14-24/h3-4,6-11,23H,2,5,12-16H2,1H3,(H,22,25). The molecule has 11 heteroatoms. The van der Waals surface area contributed by atoms with Crippen LogP contribution in [0.2, 0.25) is 0 Å². The molecule has 0 saturated carbocycles. The molecule has 1 aliphatic heterocycles. The number of hydrogen-bond donors (Lipinski definition) is 2. The molecule has 9 nitrogen and oxygen atoms in total. The zero-order valence-electron chi connectivity index (χ0n) is 17.8. The maximum absolute atomic E-state index is 12.7. The van der Waals surface area contributed by atoms with E-state index in [9.17, 15) is 21.6 Å². The van der Waals surface area contributed by atoms with Crippen molar-refractivity contribution in [3.8, 4) is 0 Å². The van der Waals surface area contributed by atoms with Crippen LogP contribution in [0.3, 0.4) is 0 Å². The first kappa shape index (κ1) is 24.2. The van der Waals surface area contributed by atoms with Gasteiger partial charge in [-0.3, -0.25) is 9.52 Å². The van der Waals surface area contributed by atoms with Gasteiger partial charge < -0.3 is 10.1 Å². The first-order valence-electron chi connectivity index (χ1n) is 10.3. The Morgan fingerprint density at radius 3 is 2.12 bits per heavy atom. The van der Waals surface area contributed by atoms with E-state index in [2.05, 4.69) is 10.0 Å². The van der Waals surface area contributed by atoms with Crippen molar-refractivity contribution in [3.05, 3.63) is 54.1 Å². The van der Waals surface area contributed by atoms with Crippen LogP contribution < -0.4 is 10.0 Å². The molecule has 1 saturated heterocycles. The fourth-order valence-electron chi connectivity index (χ4n) is 3.12. The van der Waals surface area contributed by atoms with Crippen LogP contribution in [0, 0.1) is 0 Å². The minimum atomic E-state index is -3.54. The summed E-state index contributed by atoms with van der Waals surface area (Å²) in [7, 11) is -6.89. The quantitative estimate of drug-likeness (QED) is 0.565. The molecule has 0 spiro atoms. The number of benzene rings is 2. The molecule has 0 radical (unpaired) electrons. The lowest BCUT2D eigenvalue weighted by atomic mass is 10.1. The molecule has 2 aromatic carbocycles. The van der Waals surface area contributed by atoms with Gasteiger partial charge in [-0.1, -0.05) is 12.1 Å². The van der Waals surface area contributed by atoms with Crippen molar-refractivity contribution in [1.29, 1.82) is 0 Å². The van der Waals surface area contributed by atoms with Crippen LogP contribution >= 0.6 is 0 Å². The zero-order chi connectivity index (χ0) is 23.2. The molecule has 1 aliphatic rings. The van der Waals surface area contributed by atoms with Crippen LogP contribution in [0.1, 0.15) is 18.9 Å². The lowest BCUT2D eigenvalue weighted by molar-refractivity contribution is -0.116. The Labute approximate surface area is 188 Å². The predicted molar refractivity (Wildman–Crippen MR) is 122 cm³/mol. The number of anilines is 2. The third kappa shape index (κ3) is 6.52. The minimum Gasteiger partial charge on any atom is -0.379 e. The van der Waals surface area contributed by atoms with E-state index in [1.165, 1.54) is 4.31 Å². The van der Waals surface area contributed by atoms with Gasteiger partial charge in [0.05, 0.1) is 23.9 Å². The summed E-state index contributed by atoms with van der Waals surface area (Å²) in [6, 6.07) is 13.0. The van der Waals surface area contributed by atoms with Crippen molar-refractivity contribution in [2.75, 3.05) is 42.1 Å². The fourth-order valence-corrected chi connectivity index (χ4v) is 5.17. The van der Waals surface area contributed by atoms with Gasteiger partial charge in [0, 0.05) is 30.9 Å². The van der Waals surface area contributed by atoms with E-state index in [-0.39, 0.29) is 23.0 Å². The van der Waals surface area contributed by atoms with Gasteiger partial charge in [-0.15, -0.1) is 0 Å². The smallest absolute Gasteiger partial charge is 0.243 e.